The van der Waals surface area contributed by atoms with E-state index in [0.29, 0.717) is 0 Å². The molecule has 64 valence electrons. The zero-order chi connectivity index (χ0) is 8.16. The van der Waals surface area contributed by atoms with Crippen molar-refractivity contribution in [1.82, 2.24) is 0 Å². The zero-order valence-corrected chi connectivity index (χ0v) is 7.60. The van der Waals surface area contributed by atoms with Crippen LogP contribution in [-0.4, -0.2) is 12.2 Å². The Kier molecular flexibility index (Phi) is 3.13. The standard InChI is InChI=1S/C10H18O/c1-3-5-9-11-10(4-2)7-6-8-10/h3,5H,4,6-9H2,1-2H3/b5-3+. The van der Waals surface area contributed by atoms with E-state index < -0.39 is 0 Å². The molecule has 1 fully saturated rings. The van der Waals surface area contributed by atoms with Crippen molar-refractivity contribution in [3.05, 3.63) is 12.2 Å². The van der Waals surface area contributed by atoms with Gasteiger partial charge in [0.05, 0.1) is 12.2 Å². The van der Waals surface area contributed by atoms with Crippen LogP contribution in [-0.2, 0) is 4.74 Å². The van der Waals surface area contributed by atoms with Crippen molar-refractivity contribution in [3.8, 4) is 0 Å². The first-order chi connectivity index (χ1) is 5.33. The smallest absolute Gasteiger partial charge is 0.0684 e. The lowest BCUT2D eigenvalue weighted by atomic mass is 9.78. The van der Waals surface area contributed by atoms with Crippen molar-refractivity contribution in [3.63, 3.8) is 0 Å². The van der Waals surface area contributed by atoms with Crippen molar-refractivity contribution >= 4 is 0 Å². The number of rotatable bonds is 4. The van der Waals surface area contributed by atoms with Gasteiger partial charge < -0.3 is 4.74 Å². The minimum atomic E-state index is 0.263. The van der Waals surface area contributed by atoms with E-state index in [0.717, 1.165) is 6.61 Å². The predicted octanol–water partition coefficient (Wildman–Crippen LogP) is 2.91. The molecule has 0 heterocycles. The van der Waals surface area contributed by atoms with Gasteiger partial charge in [-0.05, 0) is 32.6 Å². The first-order valence-electron chi connectivity index (χ1n) is 4.58. The van der Waals surface area contributed by atoms with E-state index in [1.165, 1.54) is 25.7 Å². The number of hydrogen-bond acceptors (Lipinski definition) is 1. The third kappa shape index (κ3) is 2.06. The molecule has 0 aromatic rings. The number of ether oxygens (including phenoxy) is 1. The zero-order valence-electron chi connectivity index (χ0n) is 7.60. The summed E-state index contributed by atoms with van der Waals surface area (Å²) in [6.07, 6.45) is 9.17. The Morgan fingerprint density at radius 2 is 2.18 bits per heavy atom. The molecule has 0 unspecified atom stereocenters. The number of hydrogen-bond donors (Lipinski definition) is 0. The fourth-order valence-electron chi connectivity index (χ4n) is 1.49. The molecule has 0 amide bonds. The molecule has 0 aliphatic heterocycles. The summed E-state index contributed by atoms with van der Waals surface area (Å²) in [4.78, 5) is 0. The van der Waals surface area contributed by atoms with E-state index in [1.54, 1.807) is 0 Å². The SMILES string of the molecule is C/C=C/COC1(CC)CCC1. The van der Waals surface area contributed by atoms with E-state index >= 15 is 0 Å². The summed E-state index contributed by atoms with van der Waals surface area (Å²) < 4.78 is 5.77. The van der Waals surface area contributed by atoms with Crippen LogP contribution in [0.2, 0.25) is 0 Å². The third-order valence-corrected chi connectivity index (χ3v) is 2.63. The van der Waals surface area contributed by atoms with E-state index in [1.807, 2.05) is 13.0 Å². The quantitative estimate of drug-likeness (QED) is 0.566. The topological polar surface area (TPSA) is 9.23 Å². The van der Waals surface area contributed by atoms with E-state index in [2.05, 4.69) is 13.0 Å². The summed E-state index contributed by atoms with van der Waals surface area (Å²) >= 11 is 0. The lowest BCUT2D eigenvalue weighted by Crippen LogP contribution is -2.39. The molecule has 1 heteroatoms. The minimum Gasteiger partial charge on any atom is -0.371 e. The summed E-state index contributed by atoms with van der Waals surface area (Å²) in [5.74, 6) is 0. The maximum absolute atomic E-state index is 5.77. The van der Waals surface area contributed by atoms with Gasteiger partial charge in [0.2, 0.25) is 0 Å². The van der Waals surface area contributed by atoms with Gasteiger partial charge in [0.1, 0.15) is 0 Å². The Labute approximate surface area is 69.4 Å². The lowest BCUT2D eigenvalue weighted by Gasteiger charge is -2.40. The maximum Gasteiger partial charge on any atom is 0.0684 e. The van der Waals surface area contributed by atoms with Crippen LogP contribution in [0.1, 0.15) is 39.5 Å². The Hall–Kier alpha value is -0.300. The highest BCUT2D eigenvalue weighted by molar-refractivity contribution is 4.90. The van der Waals surface area contributed by atoms with Gasteiger partial charge in [-0.2, -0.15) is 0 Å². The van der Waals surface area contributed by atoms with E-state index in [-0.39, 0.29) is 5.60 Å². The number of allylic oxidation sites excluding steroid dienone is 1. The molecule has 0 aromatic heterocycles. The van der Waals surface area contributed by atoms with Crippen LogP contribution in [0.25, 0.3) is 0 Å². The summed E-state index contributed by atoms with van der Waals surface area (Å²) in [7, 11) is 0. The second kappa shape index (κ2) is 3.91. The van der Waals surface area contributed by atoms with Gasteiger partial charge in [0, 0.05) is 0 Å². The lowest BCUT2D eigenvalue weighted by molar-refractivity contribution is -0.0904. The second-order valence-corrected chi connectivity index (χ2v) is 3.27. The van der Waals surface area contributed by atoms with Crippen LogP contribution in [0, 0.1) is 0 Å². The van der Waals surface area contributed by atoms with Gasteiger partial charge >= 0.3 is 0 Å². The molecule has 1 aliphatic carbocycles. The van der Waals surface area contributed by atoms with Crippen LogP contribution in [0.5, 0.6) is 0 Å². The van der Waals surface area contributed by atoms with Gasteiger partial charge in [-0.1, -0.05) is 19.1 Å². The monoisotopic (exact) mass is 154 g/mol. The summed E-state index contributed by atoms with van der Waals surface area (Å²) in [6, 6.07) is 0. The maximum atomic E-state index is 5.77. The molecule has 11 heavy (non-hydrogen) atoms. The molecule has 0 spiro atoms. The van der Waals surface area contributed by atoms with E-state index in [4.69, 9.17) is 4.74 Å². The largest absolute Gasteiger partial charge is 0.371 e. The normalized spacial score (nSPS) is 22.0. The first kappa shape index (κ1) is 8.79. The van der Waals surface area contributed by atoms with Crippen LogP contribution >= 0.6 is 0 Å². The van der Waals surface area contributed by atoms with Gasteiger partial charge in [0.15, 0.2) is 0 Å². The third-order valence-electron chi connectivity index (χ3n) is 2.63. The highest BCUT2D eigenvalue weighted by Gasteiger charge is 2.35. The molecular formula is C10H18O. The fraction of sp³-hybridized carbons (Fsp3) is 0.800. The molecule has 1 saturated carbocycles. The Bertz CT molecular complexity index is 128. The highest BCUT2D eigenvalue weighted by atomic mass is 16.5. The molecule has 1 aliphatic rings. The van der Waals surface area contributed by atoms with Crippen LogP contribution in [0.3, 0.4) is 0 Å². The molecule has 1 rings (SSSR count). The van der Waals surface area contributed by atoms with Crippen molar-refractivity contribution in [2.24, 2.45) is 0 Å². The average Bonchev–Trinajstić information content (AvgIpc) is 1.95. The van der Waals surface area contributed by atoms with Crippen molar-refractivity contribution < 1.29 is 4.74 Å². The molecule has 0 radical (unpaired) electrons. The van der Waals surface area contributed by atoms with Gasteiger partial charge in [-0.25, -0.2) is 0 Å². The highest BCUT2D eigenvalue weighted by Crippen LogP contribution is 2.38. The molecular weight excluding hydrogens is 136 g/mol. The summed E-state index contributed by atoms with van der Waals surface area (Å²) in [5, 5.41) is 0. The van der Waals surface area contributed by atoms with Crippen molar-refractivity contribution in [1.29, 1.82) is 0 Å². The minimum absolute atomic E-state index is 0.263. The molecule has 0 atom stereocenters. The average molecular weight is 154 g/mol. The molecule has 0 saturated heterocycles. The van der Waals surface area contributed by atoms with Crippen LogP contribution < -0.4 is 0 Å². The Morgan fingerprint density at radius 1 is 1.45 bits per heavy atom. The molecule has 0 N–H and O–H groups in total. The summed E-state index contributed by atoms with van der Waals surface area (Å²) in [6.45, 7) is 5.04. The van der Waals surface area contributed by atoms with E-state index in [9.17, 15) is 0 Å². The van der Waals surface area contributed by atoms with Crippen molar-refractivity contribution in [2.75, 3.05) is 6.61 Å². The Morgan fingerprint density at radius 3 is 2.55 bits per heavy atom. The molecule has 0 bridgehead atoms. The first-order valence-corrected chi connectivity index (χ1v) is 4.58. The van der Waals surface area contributed by atoms with Crippen molar-refractivity contribution in [2.45, 2.75) is 45.1 Å². The van der Waals surface area contributed by atoms with Gasteiger partial charge in [0.25, 0.3) is 0 Å². The fourth-order valence-corrected chi connectivity index (χ4v) is 1.49. The van der Waals surface area contributed by atoms with Crippen LogP contribution in [0.15, 0.2) is 12.2 Å². The Balaban J connectivity index is 2.21. The molecule has 0 aromatic carbocycles. The van der Waals surface area contributed by atoms with Gasteiger partial charge in [-0.3, -0.25) is 0 Å². The summed E-state index contributed by atoms with van der Waals surface area (Å²) in [5.41, 5.74) is 0.263. The second-order valence-electron chi connectivity index (χ2n) is 3.27. The molecule has 1 nitrogen and oxygen atoms in total. The predicted molar refractivity (Wildman–Crippen MR) is 47.6 cm³/mol. The van der Waals surface area contributed by atoms with Crippen LogP contribution in [0.4, 0.5) is 0 Å². The van der Waals surface area contributed by atoms with Gasteiger partial charge in [-0.15, -0.1) is 0 Å².